The Morgan fingerprint density at radius 2 is 1.36 bits per heavy atom. The summed E-state index contributed by atoms with van der Waals surface area (Å²) < 4.78 is 25.8. The fraction of sp³-hybridized carbons (Fsp3) is 0. The van der Waals surface area contributed by atoms with Gasteiger partial charge in [-0.05, 0) is 48.5 Å². The Kier molecular flexibility index (Phi) is 3.61. The van der Waals surface area contributed by atoms with E-state index in [-0.39, 0.29) is 23.5 Å². The Hall–Kier alpha value is -3.09. The van der Waals surface area contributed by atoms with Gasteiger partial charge in [-0.2, -0.15) is 15.0 Å². The molecule has 0 fully saturated rings. The zero-order valence-corrected chi connectivity index (χ0v) is 11.3. The topological polar surface area (TPSA) is 76.7 Å². The Morgan fingerprint density at radius 3 is 2.00 bits per heavy atom. The number of nitrogens with zero attached hydrogens (tertiary/aromatic N) is 3. The average Bonchev–Trinajstić information content (AvgIpc) is 2.50. The highest BCUT2D eigenvalue weighted by molar-refractivity contribution is 5.60. The van der Waals surface area contributed by atoms with Gasteiger partial charge in [-0.3, -0.25) is 0 Å². The van der Waals surface area contributed by atoms with Gasteiger partial charge in [-0.25, -0.2) is 8.78 Å². The van der Waals surface area contributed by atoms with Crippen molar-refractivity contribution in [2.75, 3.05) is 11.1 Å². The molecule has 0 saturated heterocycles. The van der Waals surface area contributed by atoms with Crippen LogP contribution in [0.4, 0.5) is 26.4 Å². The largest absolute Gasteiger partial charge is 0.368 e. The predicted molar refractivity (Wildman–Crippen MR) is 79.3 cm³/mol. The first-order valence-electron chi connectivity index (χ1n) is 6.40. The molecule has 0 saturated carbocycles. The standard InChI is InChI=1S/C15H11F2N5/c16-10-3-1-9(2-4-10)13-20-14(18)22-15(21-13)19-12-7-5-11(17)6-8-12/h1-8H,(H3,18,19,20,21,22). The number of hydrogen-bond donors (Lipinski definition) is 2. The lowest BCUT2D eigenvalue weighted by atomic mass is 10.2. The zero-order valence-electron chi connectivity index (χ0n) is 11.3. The number of benzene rings is 2. The summed E-state index contributed by atoms with van der Waals surface area (Å²) in [5.41, 5.74) is 6.89. The second-order valence-electron chi connectivity index (χ2n) is 4.48. The van der Waals surface area contributed by atoms with Crippen LogP contribution >= 0.6 is 0 Å². The predicted octanol–water partition coefficient (Wildman–Crippen LogP) is 3.14. The molecule has 3 rings (SSSR count). The van der Waals surface area contributed by atoms with Gasteiger partial charge in [0.2, 0.25) is 11.9 Å². The van der Waals surface area contributed by atoms with E-state index < -0.39 is 0 Å². The molecular weight excluding hydrogens is 288 g/mol. The van der Waals surface area contributed by atoms with E-state index >= 15 is 0 Å². The van der Waals surface area contributed by atoms with Crippen LogP contribution in [0.15, 0.2) is 48.5 Å². The summed E-state index contributed by atoms with van der Waals surface area (Å²) in [6.07, 6.45) is 0. The van der Waals surface area contributed by atoms with Crippen LogP contribution in [-0.2, 0) is 0 Å². The summed E-state index contributed by atoms with van der Waals surface area (Å²) in [6, 6.07) is 11.4. The number of nitrogens with one attached hydrogen (secondary N) is 1. The van der Waals surface area contributed by atoms with Crippen molar-refractivity contribution < 1.29 is 8.78 Å². The van der Waals surface area contributed by atoms with Crippen LogP contribution in [0.3, 0.4) is 0 Å². The first-order valence-corrected chi connectivity index (χ1v) is 6.40. The maximum Gasteiger partial charge on any atom is 0.232 e. The van der Waals surface area contributed by atoms with Gasteiger partial charge in [0.25, 0.3) is 0 Å². The Morgan fingerprint density at radius 1 is 0.773 bits per heavy atom. The van der Waals surface area contributed by atoms with Crippen LogP contribution < -0.4 is 11.1 Å². The minimum Gasteiger partial charge on any atom is -0.368 e. The molecule has 0 bridgehead atoms. The normalized spacial score (nSPS) is 10.5. The smallest absolute Gasteiger partial charge is 0.232 e. The van der Waals surface area contributed by atoms with E-state index in [4.69, 9.17) is 5.73 Å². The van der Waals surface area contributed by atoms with Crippen molar-refractivity contribution in [1.29, 1.82) is 0 Å². The van der Waals surface area contributed by atoms with E-state index in [1.807, 2.05) is 0 Å². The van der Waals surface area contributed by atoms with Crippen LogP contribution in [0.25, 0.3) is 11.4 Å². The third kappa shape index (κ3) is 3.14. The van der Waals surface area contributed by atoms with Gasteiger partial charge in [0.1, 0.15) is 11.6 Å². The second-order valence-corrected chi connectivity index (χ2v) is 4.48. The quantitative estimate of drug-likeness (QED) is 0.777. The lowest BCUT2D eigenvalue weighted by Crippen LogP contribution is -2.05. The van der Waals surface area contributed by atoms with Crippen LogP contribution in [0.5, 0.6) is 0 Å². The molecule has 1 heterocycles. The number of rotatable bonds is 3. The number of hydrogen-bond acceptors (Lipinski definition) is 5. The Labute approximate surface area is 124 Å². The van der Waals surface area contributed by atoms with Gasteiger partial charge in [0.05, 0.1) is 0 Å². The van der Waals surface area contributed by atoms with Gasteiger partial charge < -0.3 is 11.1 Å². The SMILES string of the molecule is Nc1nc(Nc2ccc(F)cc2)nc(-c2ccc(F)cc2)n1. The summed E-state index contributed by atoms with van der Waals surface area (Å²) in [5, 5.41) is 2.91. The molecule has 0 unspecified atom stereocenters. The van der Waals surface area contributed by atoms with Crippen molar-refractivity contribution in [3.05, 3.63) is 60.2 Å². The highest BCUT2D eigenvalue weighted by Gasteiger charge is 2.07. The van der Waals surface area contributed by atoms with E-state index in [2.05, 4.69) is 20.3 Å². The number of nitrogens with two attached hydrogens (primary N) is 1. The summed E-state index contributed by atoms with van der Waals surface area (Å²) in [6.45, 7) is 0. The summed E-state index contributed by atoms with van der Waals surface area (Å²) in [7, 11) is 0. The number of aromatic nitrogens is 3. The molecule has 110 valence electrons. The molecule has 0 aliphatic heterocycles. The fourth-order valence-corrected chi connectivity index (χ4v) is 1.84. The molecule has 0 aliphatic carbocycles. The van der Waals surface area contributed by atoms with Crippen LogP contribution in [0.2, 0.25) is 0 Å². The van der Waals surface area contributed by atoms with E-state index in [9.17, 15) is 8.78 Å². The molecule has 22 heavy (non-hydrogen) atoms. The van der Waals surface area contributed by atoms with Gasteiger partial charge in [0.15, 0.2) is 5.82 Å². The number of nitrogen functional groups attached to an aromatic ring is 1. The molecule has 0 aliphatic rings. The molecule has 1 aromatic heterocycles. The molecule has 3 aromatic rings. The van der Waals surface area contributed by atoms with E-state index in [1.54, 1.807) is 24.3 Å². The van der Waals surface area contributed by atoms with E-state index in [0.29, 0.717) is 17.1 Å². The molecule has 5 nitrogen and oxygen atoms in total. The molecule has 2 aromatic carbocycles. The van der Waals surface area contributed by atoms with Crippen molar-refractivity contribution in [3.63, 3.8) is 0 Å². The molecule has 0 spiro atoms. The Bertz CT molecular complexity index is 788. The second kappa shape index (κ2) is 5.72. The van der Waals surface area contributed by atoms with Gasteiger partial charge in [-0.15, -0.1) is 0 Å². The monoisotopic (exact) mass is 299 g/mol. The van der Waals surface area contributed by atoms with Gasteiger partial charge in [-0.1, -0.05) is 0 Å². The maximum atomic E-state index is 13.0. The van der Waals surface area contributed by atoms with Crippen molar-refractivity contribution in [1.82, 2.24) is 15.0 Å². The highest BCUT2D eigenvalue weighted by Crippen LogP contribution is 2.19. The molecule has 0 amide bonds. The van der Waals surface area contributed by atoms with Crippen molar-refractivity contribution in [2.24, 2.45) is 0 Å². The average molecular weight is 299 g/mol. The highest BCUT2D eigenvalue weighted by atomic mass is 19.1. The van der Waals surface area contributed by atoms with Crippen molar-refractivity contribution in [3.8, 4) is 11.4 Å². The molecule has 3 N–H and O–H groups in total. The zero-order chi connectivity index (χ0) is 15.5. The van der Waals surface area contributed by atoms with Crippen LogP contribution in [-0.4, -0.2) is 15.0 Å². The molecular formula is C15H11F2N5. The van der Waals surface area contributed by atoms with Crippen LogP contribution in [0, 0.1) is 11.6 Å². The molecule has 7 heteroatoms. The maximum absolute atomic E-state index is 13.0. The van der Waals surface area contributed by atoms with Crippen LogP contribution in [0.1, 0.15) is 0 Å². The number of halogens is 2. The van der Waals surface area contributed by atoms with Crippen molar-refractivity contribution >= 4 is 17.6 Å². The first kappa shape index (κ1) is 13.9. The van der Waals surface area contributed by atoms with Gasteiger partial charge >= 0.3 is 0 Å². The summed E-state index contributed by atoms with van der Waals surface area (Å²) in [4.78, 5) is 12.2. The fourth-order valence-electron chi connectivity index (χ4n) is 1.84. The summed E-state index contributed by atoms with van der Waals surface area (Å²) in [5.74, 6) is -0.127. The minimum absolute atomic E-state index is 0.0268. The first-order chi connectivity index (χ1) is 10.6. The van der Waals surface area contributed by atoms with Crippen molar-refractivity contribution in [2.45, 2.75) is 0 Å². The van der Waals surface area contributed by atoms with E-state index in [1.165, 1.54) is 24.3 Å². The molecule has 0 radical (unpaired) electrons. The third-order valence-electron chi connectivity index (χ3n) is 2.86. The minimum atomic E-state index is -0.351. The summed E-state index contributed by atoms with van der Waals surface area (Å²) >= 11 is 0. The van der Waals surface area contributed by atoms with Gasteiger partial charge in [0, 0.05) is 11.3 Å². The lowest BCUT2D eigenvalue weighted by Gasteiger charge is -2.07. The lowest BCUT2D eigenvalue weighted by molar-refractivity contribution is 0.627. The third-order valence-corrected chi connectivity index (χ3v) is 2.86. The molecule has 0 atom stereocenters. The number of anilines is 3. The van der Waals surface area contributed by atoms with E-state index in [0.717, 1.165) is 0 Å². The Balaban J connectivity index is 1.92.